The fourth-order valence-electron chi connectivity index (χ4n) is 3.33. The third-order valence-electron chi connectivity index (χ3n) is 4.82. The average molecular weight is 445 g/mol. The van der Waals surface area contributed by atoms with Crippen molar-refractivity contribution in [3.8, 4) is 6.07 Å². The minimum atomic E-state index is -4.12. The topological polar surface area (TPSA) is 103 Å². The lowest BCUT2D eigenvalue weighted by molar-refractivity contribution is -0.127. The van der Waals surface area contributed by atoms with Crippen LogP contribution >= 0.6 is 11.6 Å². The minimum Gasteiger partial charge on any atom is -0.378 e. The molecule has 0 aromatic heterocycles. The summed E-state index contributed by atoms with van der Waals surface area (Å²) < 4.78 is 31.6. The maximum absolute atomic E-state index is 13.2. The molecule has 2 aliphatic rings. The fourth-order valence-corrected chi connectivity index (χ4v) is 4.96. The van der Waals surface area contributed by atoms with Crippen LogP contribution in [0.2, 0.25) is 5.02 Å². The number of benzene rings is 2. The number of halogens is 1. The summed E-state index contributed by atoms with van der Waals surface area (Å²) in [6, 6.07) is 13.3. The first kappa shape index (κ1) is 20.3. The lowest BCUT2D eigenvalue weighted by Gasteiger charge is -2.31. The van der Waals surface area contributed by atoms with Crippen molar-refractivity contribution in [2.24, 2.45) is 5.10 Å². The molecule has 0 atom stereocenters. The van der Waals surface area contributed by atoms with E-state index in [4.69, 9.17) is 21.6 Å². The van der Waals surface area contributed by atoms with Gasteiger partial charge in [0.1, 0.15) is 0 Å². The molecule has 0 bridgehead atoms. The normalized spacial score (nSPS) is 17.7. The summed E-state index contributed by atoms with van der Waals surface area (Å²) in [4.78, 5) is 14.4. The van der Waals surface area contributed by atoms with Crippen molar-refractivity contribution in [3.63, 3.8) is 0 Å². The molecular formula is C20H17ClN4O4S. The monoisotopic (exact) mass is 444 g/mol. The van der Waals surface area contributed by atoms with Crippen LogP contribution in [0.3, 0.4) is 0 Å². The van der Waals surface area contributed by atoms with E-state index in [0.29, 0.717) is 36.9 Å². The number of morpholine rings is 1. The van der Waals surface area contributed by atoms with E-state index in [0.717, 1.165) is 5.56 Å². The Morgan fingerprint density at radius 1 is 1.20 bits per heavy atom. The van der Waals surface area contributed by atoms with Gasteiger partial charge in [-0.3, -0.25) is 9.80 Å². The van der Waals surface area contributed by atoms with Gasteiger partial charge in [0.25, 0.3) is 5.91 Å². The average Bonchev–Trinajstić information content (AvgIpc) is 2.76. The van der Waals surface area contributed by atoms with Crippen LogP contribution in [0.1, 0.15) is 11.1 Å². The Bertz CT molecular complexity index is 1180. The summed E-state index contributed by atoms with van der Waals surface area (Å²) in [6.07, 6.45) is 0. The highest BCUT2D eigenvalue weighted by molar-refractivity contribution is 8.08. The van der Waals surface area contributed by atoms with E-state index in [2.05, 4.69) is 11.2 Å². The summed E-state index contributed by atoms with van der Waals surface area (Å²) >= 11 is 6.10. The molecule has 2 aromatic rings. The molecular weight excluding hydrogens is 428 g/mol. The van der Waals surface area contributed by atoms with Gasteiger partial charge in [-0.05, 0) is 35.9 Å². The molecule has 2 aromatic carbocycles. The number of amides is 1. The van der Waals surface area contributed by atoms with Crippen LogP contribution in [0.5, 0.6) is 0 Å². The van der Waals surface area contributed by atoms with Gasteiger partial charge in [0.15, 0.2) is 0 Å². The Balaban J connectivity index is 1.79. The SMILES string of the molecule is N#Cc1cccc(CN2N=C(C(=O)N3CCOCC3)S(=O)(=O)c3ccc(Cl)cc32)c1. The first-order chi connectivity index (χ1) is 14.4. The maximum atomic E-state index is 13.2. The first-order valence-corrected chi connectivity index (χ1v) is 11.0. The van der Waals surface area contributed by atoms with Crippen LogP contribution < -0.4 is 5.01 Å². The number of ether oxygens (including phenoxy) is 1. The number of hydrogen-bond acceptors (Lipinski definition) is 7. The standard InChI is InChI=1S/C20H17ClN4O4S/c21-16-4-5-18-17(11-16)25(13-15-3-1-2-14(10-15)12-22)23-19(30(18,27)28)20(26)24-6-8-29-9-7-24/h1-5,10-11H,6-9,13H2. The molecule has 0 spiro atoms. The number of nitrogens with zero attached hydrogens (tertiary/aromatic N) is 4. The van der Waals surface area contributed by atoms with Crippen LogP contribution in [-0.4, -0.2) is 50.6 Å². The van der Waals surface area contributed by atoms with Crippen molar-refractivity contribution in [3.05, 3.63) is 58.6 Å². The smallest absolute Gasteiger partial charge is 0.286 e. The van der Waals surface area contributed by atoms with Crippen molar-refractivity contribution < 1.29 is 17.9 Å². The summed E-state index contributed by atoms with van der Waals surface area (Å²) in [6.45, 7) is 1.44. The Morgan fingerprint density at radius 2 is 1.97 bits per heavy atom. The molecule has 8 nitrogen and oxygen atoms in total. The number of hydrazone groups is 1. The quantitative estimate of drug-likeness (QED) is 0.718. The Kier molecular flexibility index (Phi) is 5.47. The molecule has 2 heterocycles. The Hall–Kier alpha value is -2.93. The number of sulfone groups is 1. The van der Waals surface area contributed by atoms with Gasteiger partial charge in [0, 0.05) is 18.1 Å². The molecule has 0 saturated carbocycles. The minimum absolute atomic E-state index is 0.0325. The number of nitriles is 1. The van der Waals surface area contributed by atoms with Crippen molar-refractivity contribution in [1.82, 2.24) is 4.90 Å². The predicted octanol–water partition coefficient (Wildman–Crippen LogP) is 2.18. The summed E-state index contributed by atoms with van der Waals surface area (Å²) in [5, 5.41) is 14.6. The van der Waals surface area contributed by atoms with Crippen molar-refractivity contribution in [2.45, 2.75) is 11.4 Å². The lowest BCUT2D eigenvalue weighted by Crippen LogP contribution is -2.47. The highest BCUT2D eigenvalue weighted by Crippen LogP contribution is 2.35. The van der Waals surface area contributed by atoms with Crippen LogP contribution in [0.4, 0.5) is 5.69 Å². The summed E-state index contributed by atoms with van der Waals surface area (Å²) in [5.41, 5.74) is 1.49. The number of carbonyl (C=O) groups is 1. The highest BCUT2D eigenvalue weighted by Gasteiger charge is 2.39. The van der Waals surface area contributed by atoms with E-state index >= 15 is 0 Å². The van der Waals surface area contributed by atoms with Crippen LogP contribution in [-0.2, 0) is 25.9 Å². The van der Waals surface area contributed by atoms with E-state index < -0.39 is 20.8 Å². The van der Waals surface area contributed by atoms with E-state index in [1.807, 2.05) is 0 Å². The summed E-state index contributed by atoms with van der Waals surface area (Å²) in [5.74, 6) is -0.658. The third kappa shape index (κ3) is 3.77. The highest BCUT2D eigenvalue weighted by atomic mass is 35.5. The number of anilines is 1. The number of rotatable bonds is 3. The lowest BCUT2D eigenvalue weighted by atomic mass is 10.1. The van der Waals surface area contributed by atoms with Crippen LogP contribution in [0, 0.1) is 11.3 Å². The number of fused-ring (bicyclic) bond motifs is 1. The van der Waals surface area contributed by atoms with E-state index in [-0.39, 0.29) is 17.1 Å². The van der Waals surface area contributed by atoms with E-state index in [9.17, 15) is 13.2 Å². The van der Waals surface area contributed by atoms with Crippen molar-refractivity contribution >= 4 is 38.1 Å². The van der Waals surface area contributed by atoms with Gasteiger partial charge in [0.05, 0.1) is 42.0 Å². The van der Waals surface area contributed by atoms with Crippen molar-refractivity contribution in [2.75, 3.05) is 31.3 Å². The number of carbonyl (C=O) groups excluding carboxylic acids is 1. The largest absolute Gasteiger partial charge is 0.378 e. The molecule has 10 heteroatoms. The maximum Gasteiger partial charge on any atom is 0.286 e. The molecule has 2 aliphatic heterocycles. The number of hydrogen-bond donors (Lipinski definition) is 0. The molecule has 0 aliphatic carbocycles. The van der Waals surface area contributed by atoms with Gasteiger partial charge in [0.2, 0.25) is 14.9 Å². The molecule has 0 N–H and O–H groups in total. The zero-order chi connectivity index (χ0) is 21.3. The molecule has 30 heavy (non-hydrogen) atoms. The molecule has 1 saturated heterocycles. The van der Waals surface area contributed by atoms with Gasteiger partial charge in [-0.15, -0.1) is 0 Å². The van der Waals surface area contributed by atoms with Gasteiger partial charge >= 0.3 is 0 Å². The zero-order valence-corrected chi connectivity index (χ0v) is 17.4. The molecule has 1 amide bonds. The van der Waals surface area contributed by atoms with E-state index in [1.54, 1.807) is 24.3 Å². The molecule has 0 unspecified atom stereocenters. The third-order valence-corrected chi connectivity index (χ3v) is 6.75. The van der Waals surface area contributed by atoms with Crippen molar-refractivity contribution in [1.29, 1.82) is 5.26 Å². The van der Waals surface area contributed by atoms with Gasteiger partial charge in [-0.25, -0.2) is 8.42 Å². The second kappa shape index (κ2) is 8.07. The predicted molar refractivity (Wildman–Crippen MR) is 111 cm³/mol. The fraction of sp³-hybridized carbons (Fsp3) is 0.250. The van der Waals surface area contributed by atoms with Crippen LogP contribution in [0.25, 0.3) is 0 Å². The molecule has 4 rings (SSSR count). The van der Waals surface area contributed by atoms with Gasteiger partial charge in [-0.2, -0.15) is 10.4 Å². The zero-order valence-electron chi connectivity index (χ0n) is 15.8. The van der Waals surface area contributed by atoms with Crippen LogP contribution in [0.15, 0.2) is 52.5 Å². The molecule has 0 radical (unpaired) electrons. The first-order valence-electron chi connectivity index (χ1n) is 9.17. The second-order valence-electron chi connectivity index (χ2n) is 6.80. The van der Waals surface area contributed by atoms with Gasteiger partial charge in [-0.1, -0.05) is 23.7 Å². The summed E-state index contributed by atoms with van der Waals surface area (Å²) in [7, 11) is -4.12. The Labute approximate surface area is 178 Å². The van der Waals surface area contributed by atoms with E-state index in [1.165, 1.54) is 28.1 Å². The molecule has 154 valence electrons. The second-order valence-corrected chi connectivity index (χ2v) is 9.06. The Morgan fingerprint density at radius 3 is 2.70 bits per heavy atom. The van der Waals surface area contributed by atoms with Gasteiger partial charge < -0.3 is 9.64 Å². The molecule has 1 fully saturated rings.